The molecule has 4 rings (SSSR count). The van der Waals surface area contributed by atoms with Crippen molar-refractivity contribution in [1.29, 1.82) is 0 Å². The van der Waals surface area contributed by atoms with Gasteiger partial charge in [-0.3, -0.25) is 14.9 Å². The summed E-state index contributed by atoms with van der Waals surface area (Å²) in [5.41, 5.74) is 1.40. The fraction of sp³-hybridized carbons (Fsp3) is 0.143. The van der Waals surface area contributed by atoms with Crippen molar-refractivity contribution in [3.8, 4) is 5.75 Å². The summed E-state index contributed by atoms with van der Waals surface area (Å²) < 4.78 is 8.05. The zero-order chi connectivity index (χ0) is 23.2. The average Bonchev–Trinajstić information content (AvgIpc) is 3.46. The molecule has 0 fully saturated rings. The smallest absolute Gasteiger partial charge is 0.284 e. The lowest BCUT2D eigenvalue weighted by atomic mass is 10.2. The number of nitrogens with zero attached hydrogens (tertiary/aromatic N) is 5. The monoisotopic (exact) mass is 482 g/mol. The number of hydrogen-bond donors (Lipinski definition) is 1. The van der Waals surface area contributed by atoms with Gasteiger partial charge in [-0.2, -0.15) is 5.10 Å². The number of nitrogens with one attached hydrogen (secondary N) is 1. The van der Waals surface area contributed by atoms with E-state index in [1.54, 1.807) is 47.4 Å². The Morgan fingerprint density at radius 1 is 1.30 bits per heavy atom. The van der Waals surface area contributed by atoms with Gasteiger partial charge in [0.2, 0.25) is 0 Å². The molecule has 168 valence electrons. The Kier molecular flexibility index (Phi) is 6.95. The maximum atomic E-state index is 12.7. The van der Waals surface area contributed by atoms with E-state index in [0.29, 0.717) is 33.8 Å². The molecule has 0 radical (unpaired) electrons. The van der Waals surface area contributed by atoms with Crippen LogP contribution in [0.4, 0.5) is 11.4 Å². The van der Waals surface area contributed by atoms with Crippen molar-refractivity contribution in [3.63, 3.8) is 0 Å². The molecule has 2 heterocycles. The van der Waals surface area contributed by atoms with Gasteiger partial charge in [0.25, 0.3) is 11.6 Å². The quantitative estimate of drug-likeness (QED) is 0.274. The first-order valence-electron chi connectivity index (χ1n) is 9.73. The van der Waals surface area contributed by atoms with Crippen molar-refractivity contribution in [3.05, 3.63) is 81.9 Å². The number of carbonyl (C=O) groups is 1. The van der Waals surface area contributed by atoms with Crippen LogP contribution in [-0.2, 0) is 6.54 Å². The highest BCUT2D eigenvalue weighted by Crippen LogP contribution is 2.37. The van der Waals surface area contributed by atoms with Gasteiger partial charge in [0.05, 0.1) is 16.4 Å². The molecular formula is C21H18N6O4S2. The lowest BCUT2D eigenvalue weighted by molar-refractivity contribution is -0.387. The van der Waals surface area contributed by atoms with Crippen LogP contribution in [0.15, 0.2) is 69.7 Å². The van der Waals surface area contributed by atoms with Crippen LogP contribution in [0.5, 0.6) is 5.75 Å². The summed E-state index contributed by atoms with van der Waals surface area (Å²) in [5, 5.41) is 20.2. The van der Waals surface area contributed by atoms with E-state index in [-0.39, 0.29) is 11.3 Å². The fourth-order valence-electron chi connectivity index (χ4n) is 2.83. The lowest BCUT2D eigenvalue weighted by Crippen LogP contribution is -2.13. The average molecular weight is 483 g/mol. The van der Waals surface area contributed by atoms with Gasteiger partial charge in [-0.25, -0.2) is 14.6 Å². The number of hydrogen-bond acceptors (Lipinski definition) is 9. The van der Waals surface area contributed by atoms with Crippen LogP contribution in [0, 0.1) is 17.0 Å². The zero-order valence-electron chi connectivity index (χ0n) is 17.4. The van der Waals surface area contributed by atoms with Crippen molar-refractivity contribution in [2.24, 2.45) is 0 Å². The molecule has 10 nitrogen and oxygen atoms in total. The van der Waals surface area contributed by atoms with Crippen molar-refractivity contribution >= 4 is 40.4 Å². The number of ether oxygens (including phenoxy) is 1. The Morgan fingerprint density at radius 2 is 2.18 bits per heavy atom. The summed E-state index contributed by atoms with van der Waals surface area (Å²) >= 11 is 2.62. The number of nitro benzene ring substituents is 1. The molecule has 0 bridgehead atoms. The topological polar surface area (TPSA) is 125 Å². The van der Waals surface area contributed by atoms with Crippen molar-refractivity contribution < 1.29 is 14.5 Å². The van der Waals surface area contributed by atoms with E-state index >= 15 is 0 Å². The van der Waals surface area contributed by atoms with E-state index in [1.807, 2.05) is 12.3 Å². The normalized spacial score (nSPS) is 10.7. The number of anilines is 1. The van der Waals surface area contributed by atoms with Crippen LogP contribution in [0.25, 0.3) is 0 Å². The first-order valence-corrected chi connectivity index (χ1v) is 11.4. The van der Waals surface area contributed by atoms with Gasteiger partial charge in [-0.05, 0) is 31.2 Å². The standard InChI is InChI=1S/C21H18N6O4S2/c1-14-11-32-21(24-14)33-19-6-5-15(9-18(19)27(29)30)20(28)25-16-3-2-4-17(10-16)31-8-7-26-13-22-12-23-26/h2-6,9-13H,7-8H2,1H3,(H,25,28). The van der Waals surface area contributed by atoms with Gasteiger partial charge in [-0.15, -0.1) is 11.3 Å². The number of aromatic nitrogens is 4. The molecule has 0 saturated carbocycles. The maximum absolute atomic E-state index is 12.7. The molecule has 0 aliphatic heterocycles. The van der Waals surface area contributed by atoms with Gasteiger partial charge in [0, 0.05) is 34.5 Å². The largest absolute Gasteiger partial charge is 0.492 e. The van der Waals surface area contributed by atoms with E-state index in [4.69, 9.17) is 4.74 Å². The Hall–Kier alpha value is -3.77. The second-order valence-corrected chi connectivity index (χ2v) is 8.93. The van der Waals surface area contributed by atoms with E-state index in [2.05, 4.69) is 20.4 Å². The minimum atomic E-state index is -0.497. The van der Waals surface area contributed by atoms with E-state index in [9.17, 15) is 14.9 Å². The molecule has 1 amide bonds. The van der Waals surface area contributed by atoms with Crippen LogP contribution in [-0.4, -0.2) is 37.2 Å². The Balaban J connectivity index is 1.43. The number of carbonyl (C=O) groups excluding carboxylic acids is 1. The van der Waals surface area contributed by atoms with Gasteiger partial charge in [0.1, 0.15) is 25.0 Å². The molecule has 1 N–H and O–H groups in total. The van der Waals surface area contributed by atoms with Crippen LogP contribution < -0.4 is 10.1 Å². The second kappa shape index (κ2) is 10.2. The highest BCUT2D eigenvalue weighted by atomic mass is 32.2. The van der Waals surface area contributed by atoms with Crippen molar-refractivity contribution in [2.75, 3.05) is 11.9 Å². The first kappa shape index (κ1) is 22.4. The molecule has 4 aromatic rings. The fourth-order valence-corrected chi connectivity index (χ4v) is 4.71. The van der Waals surface area contributed by atoms with Gasteiger partial charge in [0.15, 0.2) is 4.34 Å². The molecule has 12 heteroatoms. The van der Waals surface area contributed by atoms with Crippen LogP contribution >= 0.6 is 23.1 Å². The number of nitro groups is 1. The molecule has 0 aliphatic rings. The minimum Gasteiger partial charge on any atom is -0.492 e. The third kappa shape index (κ3) is 5.93. The predicted molar refractivity (Wildman–Crippen MR) is 124 cm³/mol. The van der Waals surface area contributed by atoms with Crippen LogP contribution in [0.2, 0.25) is 0 Å². The summed E-state index contributed by atoms with van der Waals surface area (Å²) in [6.07, 6.45) is 3.05. The molecule has 2 aromatic carbocycles. The summed E-state index contributed by atoms with van der Waals surface area (Å²) in [4.78, 5) is 32.5. The lowest BCUT2D eigenvalue weighted by Gasteiger charge is -2.10. The van der Waals surface area contributed by atoms with E-state index < -0.39 is 10.8 Å². The summed E-state index contributed by atoms with van der Waals surface area (Å²) in [5.74, 6) is 0.115. The Bertz CT molecular complexity index is 1280. The molecule has 0 unspecified atom stereocenters. The predicted octanol–water partition coefficient (Wildman–Crippen LogP) is 4.43. The molecule has 33 heavy (non-hydrogen) atoms. The van der Waals surface area contributed by atoms with Gasteiger partial charge in [-0.1, -0.05) is 17.8 Å². The molecule has 0 atom stereocenters. The van der Waals surface area contributed by atoms with Crippen molar-refractivity contribution in [1.82, 2.24) is 19.7 Å². The maximum Gasteiger partial charge on any atom is 0.284 e. The Morgan fingerprint density at radius 3 is 2.91 bits per heavy atom. The molecule has 0 saturated heterocycles. The number of rotatable bonds is 9. The van der Waals surface area contributed by atoms with Crippen LogP contribution in [0.3, 0.4) is 0 Å². The van der Waals surface area contributed by atoms with Gasteiger partial charge >= 0.3 is 0 Å². The highest BCUT2D eigenvalue weighted by molar-refractivity contribution is 8.01. The summed E-state index contributed by atoms with van der Waals surface area (Å²) in [6.45, 7) is 2.77. The third-order valence-electron chi connectivity index (χ3n) is 4.36. The first-order chi connectivity index (χ1) is 16.0. The number of aryl methyl sites for hydroxylation is 1. The van der Waals surface area contributed by atoms with E-state index in [1.165, 1.54) is 35.5 Å². The SMILES string of the molecule is Cc1csc(Sc2ccc(C(=O)Nc3cccc(OCCn4cncn4)c3)cc2[N+](=O)[O-])n1. The zero-order valence-corrected chi connectivity index (χ0v) is 19.0. The van der Waals surface area contributed by atoms with Crippen molar-refractivity contribution in [2.45, 2.75) is 22.7 Å². The Labute approximate surface area is 196 Å². The molecule has 0 aliphatic carbocycles. The third-order valence-corrected chi connectivity index (χ3v) is 6.48. The number of amides is 1. The van der Waals surface area contributed by atoms with Gasteiger partial charge < -0.3 is 10.1 Å². The molecule has 0 spiro atoms. The molecule has 2 aromatic heterocycles. The van der Waals surface area contributed by atoms with E-state index in [0.717, 1.165) is 5.69 Å². The summed E-state index contributed by atoms with van der Waals surface area (Å²) in [7, 11) is 0. The summed E-state index contributed by atoms with van der Waals surface area (Å²) in [6, 6.07) is 11.3. The highest BCUT2D eigenvalue weighted by Gasteiger charge is 2.19. The minimum absolute atomic E-state index is 0.148. The second-order valence-electron chi connectivity index (χ2n) is 6.79. The number of benzene rings is 2. The molecular weight excluding hydrogens is 464 g/mol. The van der Waals surface area contributed by atoms with Crippen LogP contribution in [0.1, 0.15) is 16.1 Å². The number of thiazole rings is 1.